The Hall–Kier alpha value is -0.380. The largest absolute Gasteiger partial charge is 0.465 e. The summed E-state index contributed by atoms with van der Waals surface area (Å²) in [6.45, 7) is 2.08. The van der Waals surface area contributed by atoms with Gasteiger partial charge in [0.05, 0.1) is 6.61 Å². The van der Waals surface area contributed by atoms with Crippen LogP contribution in [0.1, 0.15) is 6.92 Å². The second kappa shape index (κ2) is 4.49. The predicted octanol–water partition coefficient (Wildman–Crippen LogP) is -0.0720. The summed E-state index contributed by atoms with van der Waals surface area (Å²) in [6.07, 6.45) is 1.47. The Balaban J connectivity index is 3.39. The molecule has 0 aromatic carbocycles. The van der Waals surface area contributed by atoms with E-state index in [1.807, 2.05) is 0 Å². The number of hydrogen-bond donors (Lipinski definition) is 0. The second-order valence-electron chi connectivity index (χ2n) is 1.52. The molecule has 3 nitrogen and oxygen atoms in total. The molecule has 0 aromatic heterocycles. The van der Waals surface area contributed by atoms with Crippen LogP contribution < -0.4 is 0 Å². The van der Waals surface area contributed by atoms with E-state index >= 15 is 0 Å². The summed E-state index contributed by atoms with van der Waals surface area (Å²) in [5.41, 5.74) is 0. The minimum absolute atomic E-state index is 0.00778. The molecular formula is C5H10O3S. The normalized spacial score (nSPS) is 12.7. The van der Waals surface area contributed by atoms with Crippen molar-refractivity contribution in [3.63, 3.8) is 0 Å². The lowest BCUT2D eigenvalue weighted by atomic mass is 10.8. The fourth-order valence-electron chi connectivity index (χ4n) is 0.369. The number of rotatable bonds is 3. The van der Waals surface area contributed by atoms with Crippen molar-refractivity contribution in [2.45, 2.75) is 6.92 Å². The summed E-state index contributed by atoms with van der Waals surface area (Å²) in [4.78, 5) is 10.4. The average molecular weight is 150 g/mol. The molecule has 0 aromatic rings. The molecule has 0 amide bonds. The van der Waals surface area contributed by atoms with Crippen LogP contribution in [-0.4, -0.2) is 28.8 Å². The minimum Gasteiger partial charge on any atom is -0.465 e. The van der Waals surface area contributed by atoms with Crippen molar-refractivity contribution in [3.8, 4) is 0 Å². The molecule has 0 N–H and O–H groups in total. The van der Waals surface area contributed by atoms with Gasteiger partial charge in [-0.2, -0.15) is 0 Å². The SMILES string of the molecule is CCOC(=O)C[S@@](C)=O. The summed E-state index contributed by atoms with van der Waals surface area (Å²) >= 11 is 0. The Morgan fingerprint density at radius 3 is 2.56 bits per heavy atom. The summed E-state index contributed by atoms with van der Waals surface area (Å²) in [5.74, 6) is -0.383. The van der Waals surface area contributed by atoms with Gasteiger partial charge < -0.3 is 4.74 Å². The fourth-order valence-corrected chi connectivity index (χ4v) is 0.784. The lowest BCUT2D eigenvalue weighted by Crippen LogP contribution is -2.12. The average Bonchev–Trinajstić information content (AvgIpc) is 1.63. The van der Waals surface area contributed by atoms with E-state index in [2.05, 4.69) is 4.74 Å². The molecule has 0 rings (SSSR count). The van der Waals surface area contributed by atoms with Gasteiger partial charge in [-0.05, 0) is 6.92 Å². The Labute approximate surface area is 56.8 Å². The smallest absolute Gasteiger partial charge is 0.318 e. The third kappa shape index (κ3) is 5.49. The second-order valence-corrected chi connectivity index (χ2v) is 2.96. The van der Waals surface area contributed by atoms with Crippen LogP contribution in [0.2, 0.25) is 0 Å². The molecular weight excluding hydrogens is 140 g/mol. The van der Waals surface area contributed by atoms with Crippen molar-refractivity contribution in [2.24, 2.45) is 0 Å². The van der Waals surface area contributed by atoms with E-state index < -0.39 is 16.8 Å². The summed E-state index contributed by atoms with van der Waals surface area (Å²) < 4.78 is 14.9. The van der Waals surface area contributed by atoms with Gasteiger partial charge in [0, 0.05) is 17.1 Å². The number of ether oxygens (including phenoxy) is 1. The predicted molar refractivity (Wildman–Crippen MR) is 35.6 cm³/mol. The molecule has 54 valence electrons. The van der Waals surface area contributed by atoms with Crippen molar-refractivity contribution in [2.75, 3.05) is 18.6 Å². The highest BCUT2D eigenvalue weighted by atomic mass is 32.2. The van der Waals surface area contributed by atoms with Gasteiger partial charge in [0.1, 0.15) is 5.75 Å². The quantitative estimate of drug-likeness (QED) is 0.529. The van der Waals surface area contributed by atoms with Crippen LogP contribution in [0, 0.1) is 0 Å². The third-order valence-electron chi connectivity index (χ3n) is 0.626. The summed E-state index contributed by atoms with van der Waals surface area (Å²) in [6, 6.07) is 0. The Morgan fingerprint density at radius 2 is 2.22 bits per heavy atom. The van der Waals surface area contributed by atoms with Crippen LogP contribution in [0.3, 0.4) is 0 Å². The van der Waals surface area contributed by atoms with Crippen molar-refractivity contribution in [1.29, 1.82) is 0 Å². The van der Waals surface area contributed by atoms with Gasteiger partial charge in [0.25, 0.3) is 0 Å². The molecule has 0 radical (unpaired) electrons. The van der Waals surface area contributed by atoms with Crippen molar-refractivity contribution in [1.82, 2.24) is 0 Å². The van der Waals surface area contributed by atoms with Gasteiger partial charge in [0.15, 0.2) is 0 Å². The summed E-state index contributed by atoms with van der Waals surface area (Å²) in [7, 11) is -1.07. The highest BCUT2D eigenvalue weighted by Crippen LogP contribution is 1.80. The van der Waals surface area contributed by atoms with Crippen LogP contribution in [-0.2, 0) is 20.3 Å². The Bertz CT molecular complexity index is 121. The van der Waals surface area contributed by atoms with Gasteiger partial charge in [0.2, 0.25) is 0 Å². The van der Waals surface area contributed by atoms with Gasteiger partial charge in [-0.15, -0.1) is 0 Å². The van der Waals surface area contributed by atoms with Crippen LogP contribution in [0.4, 0.5) is 0 Å². The number of carbonyl (C=O) groups is 1. The number of esters is 1. The topological polar surface area (TPSA) is 43.4 Å². The highest BCUT2D eigenvalue weighted by molar-refractivity contribution is 7.84. The van der Waals surface area contributed by atoms with Gasteiger partial charge in [-0.1, -0.05) is 0 Å². The zero-order valence-electron chi connectivity index (χ0n) is 5.55. The third-order valence-corrected chi connectivity index (χ3v) is 1.27. The van der Waals surface area contributed by atoms with Gasteiger partial charge in [-0.25, -0.2) is 0 Å². The first-order valence-corrected chi connectivity index (χ1v) is 4.35. The standard InChI is InChI=1S/C5H10O3S/c1-3-8-5(6)4-9(2)7/h3-4H2,1-2H3/t9-/m1/s1. The molecule has 0 saturated heterocycles. The molecule has 0 heterocycles. The lowest BCUT2D eigenvalue weighted by molar-refractivity contribution is -0.139. The van der Waals surface area contributed by atoms with E-state index in [9.17, 15) is 9.00 Å². The number of hydrogen-bond acceptors (Lipinski definition) is 3. The fraction of sp³-hybridized carbons (Fsp3) is 0.800. The zero-order valence-corrected chi connectivity index (χ0v) is 6.36. The molecule has 0 spiro atoms. The maximum atomic E-state index is 10.4. The lowest BCUT2D eigenvalue weighted by Gasteiger charge is -1.96. The van der Waals surface area contributed by atoms with Crippen LogP contribution in [0.15, 0.2) is 0 Å². The minimum atomic E-state index is -1.07. The van der Waals surface area contributed by atoms with Crippen molar-refractivity contribution < 1.29 is 13.7 Å². The molecule has 0 aliphatic heterocycles. The van der Waals surface area contributed by atoms with E-state index in [1.54, 1.807) is 6.92 Å². The van der Waals surface area contributed by atoms with E-state index in [0.717, 1.165) is 0 Å². The zero-order chi connectivity index (χ0) is 7.28. The van der Waals surface area contributed by atoms with Crippen molar-refractivity contribution in [3.05, 3.63) is 0 Å². The monoisotopic (exact) mass is 150 g/mol. The van der Waals surface area contributed by atoms with Crippen LogP contribution in [0.25, 0.3) is 0 Å². The first-order valence-electron chi connectivity index (χ1n) is 2.62. The molecule has 0 fully saturated rings. The Kier molecular flexibility index (Phi) is 4.30. The molecule has 1 atom stereocenters. The molecule has 4 heteroatoms. The molecule has 9 heavy (non-hydrogen) atoms. The van der Waals surface area contributed by atoms with Gasteiger partial charge in [-0.3, -0.25) is 9.00 Å². The maximum Gasteiger partial charge on any atom is 0.318 e. The molecule has 0 unspecified atom stereocenters. The number of carbonyl (C=O) groups excluding carboxylic acids is 1. The van der Waals surface area contributed by atoms with Crippen LogP contribution >= 0.6 is 0 Å². The molecule has 0 bridgehead atoms. The van der Waals surface area contributed by atoms with E-state index in [1.165, 1.54) is 6.26 Å². The molecule has 0 aliphatic rings. The first kappa shape index (κ1) is 8.62. The maximum absolute atomic E-state index is 10.4. The van der Waals surface area contributed by atoms with E-state index in [4.69, 9.17) is 0 Å². The molecule has 0 aliphatic carbocycles. The Morgan fingerprint density at radius 1 is 1.67 bits per heavy atom. The highest BCUT2D eigenvalue weighted by Gasteiger charge is 2.02. The summed E-state index contributed by atoms with van der Waals surface area (Å²) in [5, 5.41) is 0. The van der Waals surface area contributed by atoms with E-state index in [-0.39, 0.29) is 5.75 Å². The van der Waals surface area contributed by atoms with Gasteiger partial charge >= 0.3 is 5.97 Å². The van der Waals surface area contributed by atoms with Crippen LogP contribution in [0.5, 0.6) is 0 Å². The van der Waals surface area contributed by atoms with E-state index in [0.29, 0.717) is 6.61 Å². The molecule has 0 saturated carbocycles. The van der Waals surface area contributed by atoms with Crippen molar-refractivity contribution >= 4 is 16.8 Å². The first-order chi connectivity index (χ1) is 4.16.